The molecule has 0 fully saturated rings. The Morgan fingerprint density at radius 2 is 1.66 bits per heavy atom. The number of hydrogen-bond acceptors (Lipinski definition) is 3. The van der Waals surface area contributed by atoms with Crippen LogP contribution in [0.5, 0.6) is 0 Å². The van der Waals surface area contributed by atoms with E-state index in [1.165, 1.54) is 0 Å². The topological polar surface area (TPSA) is 34.9 Å². The van der Waals surface area contributed by atoms with Crippen molar-refractivity contribution < 1.29 is 0 Å². The molecule has 0 aliphatic rings. The summed E-state index contributed by atoms with van der Waals surface area (Å²) in [5, 5.41) is 1.78. The summed E-state index contributed by atoms with van der Waals surface area (Å²) in [5.74, 6) is 1.19. The average molecular weight is 441 g/mol. The molecule has 6 heteroatoms. The third kappa shape index (κ3) is 4.35. The fourth-order valence-electron chi connectivity index (χ4n) is 3.35. The first-order valence-corrected chi connectivity index (χ1v) is 10.8. The third-order valence-corrected chi connectivity index (χ3v) is 5.99. The zero-order valence-electron chi connectivity index (χ0n) is 15.9. The Kier molecular flexibility index (Phi) is 5.68. The van der Waals surface area contributed by atoms with Gasteiger partial charge in [0.2, 0.25) is 0 Å². The van der Waals surface area contributed by atoms with E-state index in [-0.39, 0.29) is 5.56 Å². The van der Waals surface area contributed by atoms with E-state index in [4.69, 9.17) is 28.2 Å². The van der Waals surface area contributed by atoms with Gasteiger partial charge in [-0.2, -0.15) is 0 Å². The number of aryl methyl sites for hydroxylation is 2. The van der Waals surface area contributed by atoms with Crippen LogP contribution in [-0.4, -0.2) is 9.55 Å². The maximum atomic E-state index is 13.4. The van der Waals surface area contributed by atoms with Gasteiger partial charge < -0.3 is 0 Å². The normalized spacial score (nSPS) is 11.2. The largest absolute Gasteiger partial charge is 0.268 e. The summed E-state index contributed by atoms with van der Waals surface area (Å²) < 4.78 is 1.70. The molecule has 1 aromatic heterocycles. The summed E-state index contributed by atoms with van der Waals surface area (Å²) in [6, 6.07) is 18.9. The highest BCUT2D eigenvalue weighted by molar-refractivity contribution is 7.98. The van der Waals surface area contributed by atoms with Crippen molar-refractivity contribution in [3.8, 4) is 5.69 Å². The maximum absolute atomic E-state index is 13.4. The van der Waals surface area contributed by atoms with Crippen LogP contribution >= 0.6 is 35.0 Å². The summed E-state index contributed by atoms with van der Waals surface area (Å²) in [7, 11) is 0. The minimum absolute atomic E-state index is 0.0987. The molecule has 146 valence electrons. The number of halogens is 2. The zero-order chi connectivity index (χ0) is 20.5. The first-order valence-electron chi connectivity index (χ1n) is 9.09. The first kappa shape index (κ1) is 20.0. The van der Waals surface area contributed by atoms with Crippen molar-refractivity contribution in [3.05, 3.63) is 98.0 Å². The highest BCUT2D eigenvalue weighted by atomic mass is 35.5. The summed E-state index contributed by atoms with van der Waals surface area (Å²) in [4.78, 5) is 19.2. The Bertz CT molecular complexity index is 1260. The SMILES string of the molecule is Cc1cc(C)cc(-n2c(CSc3cccc(Cl)c3)nc3cc(Cl)ccc3c2=O)c1. The Morgan fingerprint density at radius 1 is 0.931 bits per heavy atom. The van der Waals surface area contributed by atoms with E-state index in [0.717, 1.165) is 21.7 Å². The van der Waals surface area contributed by atoms with Crippen LogP contribution in [0.4, 0.5) is 0 Å². The molecule has 0 unspecified atom stereocenters. The number of nitrogens with zero attached hydrogens (tertiary/aromatic N) is 2. The molecule has 1 heterocycles. The van der Waals surface area contributed by atoms with Crippen molar-refractivity contribution in [2.45, 2.75) is 24.5 Å². The molecule has 0 N–H and O–H groups in total. The van der Waals surface area contributed by atoms with Gasteiger partial charge in [0.15, 0.2) is 0 Å². The van der Waals surface area contributed by atoms with Crippen LogP contribution in [0.1, 0.15) is 17.0 Å². The molecule has 0 saturated heterocycles. The second kappa shape index (κ2) is 8.23. The van der Waals surface area contributed by atoms with Gasteiger partial charge in [0, 0.05) is 14.9 Å². The molecule has 3 nitrogen and oxygen atoms in total. The van der Waals surface area contributed by atoms with Gasteiger partial charge in [-0.15, -0.1) is 11.8 Å². The van der Waals surface area contributed by atoms with Crippen molar-refractivity contribution in [2.75, 3.05) is 0 Å². The molecule has 0 aliphatic heterocycles. The van der Waals surface area contributed by atoms with E-state index < -0.39 is 0 Å². The monoisotopic (exact) mass is 440 g/mol. The minimum Gasteiger partial charge on any atom is -0.268 e. The number of fused-ring (bicyclic) bond motifs is 1. The van der Waals surface area contributed by atoms with Crippen LogP contribution in [-0.2, 0) is 5.75 Å². The van der Waals surface area contributed by atoms with E-state index in [2.05, 4.69) is 6.07 Å². The lowest BCUT2D eigenvalue weighted by Gasteiger charge is -2.15. The molecular weight excluding hydrogens is 423 g/mol. The molecule has 29 heavy (non-hydrogen) atoms. The Hall–Kier alpha value is -2.27. The molecular formula is C23H18Cl2N2OS. The van der Waals surface area contributed by atoms with Gasteiger partial charge in [0.1, 0.15) is 5.82 Å². The predicted octanol–water partition coefficient (Wildman–Crippen LogP) is 6.60. The molecule has 0 bridgehead atoms. The molecule has 0 aliphatic carbocycles. The van der Waals surface area contributed by atoms with Gasteiger partial charge >= 0.3 is 0 Å². The van der Waals surface area contributed by atoms with Crippen molar-refractivity contribution in [1.29, 1.82) is 0 Å². The lowest BCUT2D eigenvalue weighted by atomic mass is 10.1. The molecule has 3 aromatic carbocycles. The second-order valence-electron chi connectivity index (χ2n) is 6.92. The third-order valence-electron chi connectivity index (χ3n) is 4.53. The fraction of sp³-hybridized carbons (Fsp3) is 0.130. The highest BCUT2D eigenvalue weighted by Crippen LogP contribution is 2.27. The number of benzene rings is 3. The van der Waals surface area contributed by atoms with Crippen LogP contribution < -0.4 is 5.56 Å². The van der Waals surface area contributed by atoms with Crippen LogP contribution in [0, 0.1) is 13.8 Å². The van der Waals surface area contributed by atoms with Crippen molar-refractivity contribution >= 4 is 45.9 Å². The van der Waals surface area contributed by atoms with Crippen LogP contribution in [0.3, 0.4) is 0 Å². The molecule has 0 saturated carbocycles. The van der Waals surface area contributed by atoms with E-state index >= 15 is 0 Å². The molecule has 0 amide bonds. The maximum Gasteiger partial charge on any atom is 0.265 e. The lowest BCUT2D eigenvalue weighted by Crippen LogP contribution is -2.23. The second-order valence-corrected chi connectivity index (χ2v) is 8.84. The molecule has 0 spiro atoms. The van der Waals surface area contributed by atoms with Crippen LogP contribution in [0.15, 0.2) is 70.4 Å². The minimum atomic E-state index is -0.0987. The number of rotatable bonds is 4. The summed E-state index contributed by atoms with van der Waals surface area (Å²) in [6.45, 7) is 4.05. The molecule has 0 atom stereocenters. The van der Waals surface area contributed by atoms with E-state index in [1.807, 2.05) is 50.2 Å². The zero-order valence-corrected chi connectivity index (χ0v) is 18.3. The van der Waals surface area contributed by atoms with Crippen molar-refractivity contribution in [3.63, 3.8) is 0 Å². The standard InChI is InChI=1S/C23H18Cl2N2OS/c1-14-8-15(2)10-18(9-14)27-22(13-29-19-5-3-4-16(24)11-19)26-21-12-17(25)6-7-20(21)23(27)28/h3-12H,13H2,1-2H3. The smallest absolute Gasteiger partial charge is 0.265 e. The van der Waals surface area contributed by atoms with Gasteiger partial charge in [-0.3, -0.25) is 9.36 Å². The van der Waals surface area contributed by atoms with E-state index in [9.17, 15) is 4.79 Å². The molecule has 4 rings (SSSR count). The number of hydrogen-bond donors (Lipinski definition) is 0. The van der Waals surface area contributed by atoms with E-state index in [1.54, 1.807) is 34.5 Å². The van der Waals surface area contributed by atoms with E-state index in [0.29, 0.717) is 32.5 Å². The van der Waals surface area contributed by atoms with Gasteiger partial charge in [0.05, 0.1) is 22.3 Å². The van der Waals surface area contributed by atoms with Gasteiger partial charge in [0.25, 0.3) is 5.56 Å². The van der Waals surface area contributed by atoms with Crippen molar-refractivity contribution in [2.24, 2.45) is 0 Å². The average Bonchev–Trinajstić information content (AvgIpc) is 2.65. The summed E-state index contributed by atoms with van der Waals surface area (Å²) in [6.07, 6.45) is 0. The summed E-state index contributed by atoms with van der Waals surface area (Å²) >= 11 is 13.8. The van der Waals surface area contributed by atoms with Crippen LogP contribution in [0.25, 0.3) is 16.6 Å². The molecule has 4 aromatic rings. The Balaban J connectivity index is 1.89. The van der Waals surface area contributed by atoms with Crippen LogP contribution in [0.2, 0.25) is 10.0 Å². The Morgan fingerprint density at radius 3 is 2.38 bits per heavy atom. The predicted molar refractivity (Wildman–Crippen MR) is 123 cm³/mol. The van der Waals surface area contributed by atoms with Gasteiger partial charge in [-0.25, -0.2) is 4.98 Å². The first-order chi connectivity index (χ1) is 13.9. The highest BCUT2D eigenvalue weighted by Gasteiger charge is 2.14. The lowest BCUT2D eigenvalue weighted by molar-refractivity contribution is 0.881. The quantitative estimate of drug-likeness (QED) is 0.335. The molecule has 0 radical (unpaired) electrons. The fourth-order valence-corrected chi connectivity index (χ4v) is 4.65. The van der Waals surface area contributed by atoms with Crippen molar-refractivity contribution in [1.82, 2.24) is 9.55 Å². The van der Waals surface area contributed by atoms with Gasteiger partial charge in [-0.1, -0.05) is 35.3 Å². The summed E-state index contributed by atoms with van der Waals surface area (Å²) in [5.41, 5.74) is 3.51. The van der Waals surface area contributed by atoms with Gasteiger partial charge in [-0.05, 0) is 73.5 Å². The Labute approximate surface area is 183 Å². The number of aromatic nitrogens is 2. The number of thioether (sulfide) groups is 1.